The smallest absolute Gasteiger partial charge is 0.251 e. The minimum Gasteiger partial charge on any atom is -0.368 e. The van der Waals surface area contributed by atoms with Crippen LogP contribution in [0.5, 0.6) is 0 Å². The lowest BCUT2D eigenvalue weighted by Gasteiger charge is -2.25. The molecule has 0 heterocycles. The molecule has 1 amide bonds. The summed E-state index contributed by atoms with van der Waals surface area (Å²) < 4.78 is 24.1. The van der Waals surface area contributed by atoms with Gasteiger partial charge in [-0.15, -0.1) is 0 Å². The minimum atomic E-state index is -2.30. The van der Waals surface area contributed by atoms with Crippen molar-refractivity contribution in [2.75, 3.05) is 27.2 Å². The van der Waals surface area contributed by atoms with Gasteiger partial charge in [0.05, 0.1) is 12.1 Å². The van der Waals surface area contributed by atoms with E-state index in [-0.39, 0.29) is 12.5 Å². The number of halogens is 2. The molecule has 0 spiro atoms. The number of nitrogens with one attached hydrogen (secondary N) is 1. The maximum absolute atomic E-state index is 12.0. The number of primary amides is 1. The van der Waals surface area contributed by atoms with Crippen LogP contribution in [0.3, 0.4) is 0 Å². The monoisotopic (exact) mass is 251 g/mol. The Kier molecular flexibility index (Phi) is 7.22. The molecular formula is C11H23F2N3O. The molecule has 4 nitrogen and oxygen atoms in total. The van der Waals surface area contributed by atoms with Gasteiger partial charge in [-0.3, -0.25) is 4.79 Å². The first-order valence-electron chi connectivity index (χ1n) is 5.77. The maximum Gasteiger partial charge on any atom is 0.251 e. The summed E-state index contributed by atoms with van der Waals surface area (Å²) in [7, 11) is 3.35. The molecule has 0 aromatic rings. The average Bonchev–Trinajstić information content (AvgIpc) is 2.22. The molecule has 0 bridgehead atoms. The second kappa shape index (κ2) is 7.55. The van der Waals surface area contributed by atoms with Crippen molar-refractivity contribution in [3.63, 3.8) is 0 Å². The fourth-order valence-electron chi connectivity index (χ4n) is 1.56. The fourth-order valence-corrected chi connectivity index (χ4v) is 1.56. The van der Waals surface area contributed by atoms with Crippen LogP contribution in [0.15, 0.2) is 0 Å². The largest absolute Gasteiger partial charge is 0.368 e. The SMILES string of the molecule is CNC(C)(CCCCN(C)CC(F)F)C(N)=O. The van der Waals surface area contributed by atoms with Gasteiger partial charge in [-0.1, -0.05) is 0 Å². The topological polar surface area (TPSA) is 58.4 Å². The van der Waals surface area contributed by atoms with Crippen LogP contribution in [-0.4, -0.2) is 50.0 Å². The Morgan fingerprint density at radius 2 is 2.06 bits per heavy atom. The van der Waals surface area contributed by atoms with Gasteiger partial charge in [0.2, 0.25) is 5.91 Å². The predicted molar refractivity (Wildman–Crippen MR) is 64.0 cm³/mol. The number of carbonyl (C=O) groups excluding carboxylic acids is 1. The van der Waals surface area contributed by atoms with Gasteiger partial charge < -0.3 is 16.0 Å². The molecule has 0 aliphatic carbocycles. The first-order valence-corrected chi connectivity index (χ1v) is 5.77. The summed E-state index contributed by atoms with van der Waals surface area (Å²) in [6.45, 7) is 2.14. The number of nitrogens with zero attached hydrogens (tertiary/aromatic N) is 1. The quantitative estimate of drug-likeness (QED) is 0.596. The van der Waals surface area contributed by atoms with Crippen LogP contribution in [0.1, 0.15) is 26.2 Å². The second-order valence-electron chi connectivity index (χ2n) is 4.56. The number of likely N-dealkylation sites (N-methyl/N-ethyl adjacent to an activating group) is 1. The van der Waals surface area contributed by atoms with Gasteiger partial charge in [0, 0.05) is 0 Å². The number of nitrogens with two attached hydrogens (primary N) is 1. The van der Waals surface area contributed by atoms with Crippen LogP contribution in [0, 0.1) is 0 Å². The molecule has 0 saturated carbocycles. The summed E-state index contributed by atoms with van der Waals surface area (Å²) in [4.78, 5) is 12.8. The lowest BCUT2D eigenvalue weighted by molar-refractivity contribution is -0.123. The van der Waals surface area contributed by atoms with Crippen LogP contribution in [0.4, 0.5) is 8.78 Å². The normalized spacial score (nSPS) is 15.2. The Balaban J connectivity index is 3.80. The van der Waals surface area contributed by atoms with E-state index in [1.54, 1.807) is 25.9 Å². The van der Waals surface area contributed by atoms with Crippen molar-refractivity contribution in [2.24, 2.45) is 5.73 Å². The van der Waals surface area contributed by atoms with E-state index >= 15 is 0 Å². The number of hydrogen-bond donors (Lipinski definition) is 2. The molecule has 0 radical (unpaired) electrons. The van der Waals surface area contributed by atoms with Crippen molar-refractivity contribution in [3.8, 4) is 0 Å². The van der Waals surface area contributed by atoms with Gasteiger partial charge in [-0.2, -0.15) is 0 Å². The van der Waals surface area contributed by atoms with Crippen molar-refractivity contribution >= 4 is 5.91 Å². The van der Waals surface area contributed by atoms with Gasteiger partial charge in [0.25, 0.3) is 6.43 Å². The van der Waals surface area contributed by atoms with E-state index in [2.05, 4.69) is 5.32 Å². The summed E-state index contributed by atoms with van der Waals surface area (Å²) in [6, 6.07) is 0. The Bertz CT molecular complexity index is 239. The van der Waals surface area contributed by atoms with Crippen molar-refractivity contribution in [3.05, 3.63) is 0 Å². The van der Waals surface area contributed by atoms with Crippen LogP contribution >= 0.6 is 0 Å². The van der Waals surface area contributed by atoms with Crippen molar-refractivity contribution in [2.45, 2.75) is 38.2 Å². The summed E-state index contributed by atoms with van der Waals surface area (Å²) in [6.07, 6.45) is -0.142. The average molecular weight is 251 g/mol. The van der Waals surface area contributed by atoms with E-state index in [9.17, 15) is 13.6 Å². The van der Waals surface area contributed by atoms with Crippen molar-refractivity contribution in [1.82, 2.24) is 10.2 Å². The molecule has 17 heavy (non-hydrogen) atoms. The van der Waals surface area contributed by atoms with Crippen LogP contribution in [0.25, 0.3) is 0 Å². The number of hydrogen-bond acceptors (Lipinski definition) is 3. The number of unbranched alkanes of at least 4 members (excludes halogenated alkanes) is 1. The molecule has 1 atom stereocenters. The van der Waals surface area contributed by atoms with E-state index in [1.807, 2.05) is 0 Å². The Morgan fingerprint density at radius 1 is 1.47 bits per heavy atom. The molecule has 0 aliphatic heterocycles. The molecule has 0 rings (SSSR count). The third-order valence-electron chi connectivity index (χ3n) is 3.01. The lowest BCUT2D eigenvalue weighted by Crippen LogP contribution is -2.51. The van der Waals surface area contributed by atoms with Crippen molar-refractivity contribution in [1.29, 1.82) is 0 Å². The summed E-state index contributed by atoms with van der Waals surface area (Å²) in [5.41, 5.74) is 4.57. The molecule has 0 aliphatic rings. The van der Waals surface area contributed by atoms with Gasteiger partial charge in [-0.25, -0.2) is 8.78 Å². The summed E-state index contributed by atoms with van der Waals surface area (Å²) >= 11 is 0. The highest BCUT2D eigenvalue weighted by atomic mass is 19.3. The maximum atomic E-state index is 12.0. The summed E-state index contributed by atoms with van der Waals surface area (Å²) in [5.74, 6) is -0.388. The van der Waals surface area contributed by atoms with Crippen LogP contribution in [0.2, 0.25) is 0 Å². The molecular weight excluding hydrogens is 228 g/mol. The number of rotatable bonds is 9. The van der Waals surface area contributed by atoms with E-state index in [4.69, 9.17) is 5.73 Å². The minimum absolute atomic E-state index is 0.209. The predicted octanol–water partition coefficient (Wildman–Crippen LogP) is 0.817. The third kappa shape index (κ3) is 6.53. The molecule has 0 fully saturated rings. The standard InChI is InChI=1S/C11H23F2N3O/c1-11(15-2,10(14)17)6-4-5-7-16(3)8-9(12)13/h9,15H,4-8H2,1-3H3,(H2,14,17). The zero-order valence-corrected chi connectivity index (χ0v) is 10.8. The van der Waals surface area contributed by atoms with Gasteiger partial charge in [0.1, 0.15) is 0 Å². The Labute approximate surface area is 102 Å². The molecule has 102 valence electrons. The van der Waals surface area contributed by atoms with Crippen LogP contribution in [-0.2, 0) is 4.79 Å². The van der Waals surface area contributed by atoms with E-state index in [0.717, 1.165) is 12.8 Å². The lowest BCUT2D eigenvalue weighted by atomic mass is 9.94. The third-order valence-corrected chi connectivity index (χ3v) is 3.01. The zero-order valence-electron chi connectivity index (χ0n) is 10.8. The Hall–Kier alpha value is -0.750. The number of carbonyl (C=O) groups is 1. The van der Waals surface area contributed by atoms with Gasteiger partial charge in [-0.05, 0) is 46.8 Å². The molecule has 3 N–H and O–H groups in total. The molecule has 1 unspecified atom stereocenters. The van der Waals surface area contributed by atoms with E-state index < -0.39 is 12.0 Å². The highest BCUT2D eigenvalue weighted by Crippen LogP contribution is 2.13. The first-order chi connectivity index (χ1) is 7.81. The zero-order chi connectivity index (χ0) is 13.5. The highest BCUT2D eigenvalue weighted by molar-refractivity contribution is 5.84. The number of amides is 1. The van der Waals surface area contributed by atoms with Gasteiger partial charge >= 0.3 is 0 Å². The first kappa shape index (κ1) is 16.2. The number of alkyl halides is 2. The fraction of sp³-hybridized carbons (Fsp3) is 0.909. The molecule has 0 aromatic carbocycles. The Morgan fingerprint density at radius 3 is 2.47 bits per heavy atom. The molecule has 0 saturated heterocycles. The second-order valence-corrected chi connectivity index (χ2v) is 4.56. The van der Waals surface area contributed by atoms with E-state index in [1.165, 1.54) is 0 Å². The molecule has 6 heteroatoms. The highest BCUT2D eigenvalue weighted by Gasteiger charge is 2.27. The summed E-state index contributed by atoms with van der Waals surface area (Å²) in [5, 5.41) is 2.89. The van der Waals surface area contributed by atoms with E-state index in [0.29, 0.717) is 13.0 Å². The van der Waals surface area contributed by atoms with Crippen molar-refractivity contribution < 1.29 is 13.6 Å². The molecule has 0 aromatic heterocycles. The van der Waals surface area contributed by atoms with Gasteiger partial charge in [0.15, 0.2) is 0 Å². The van der Waals surface area contributed by atoms with Crippen LogP contribution < -0.4 is 11.1 Å².